The van der Waals surface area contributed by atoms with Crippen LogP contribution in [0, 0.1) is 5.92 Å². The van der Waals surface area contributed by atoms with E-state index in [1.165, 1.54) is 4.88 Å². The molecule has 0 spiro atoms. The van der Waals surface area contributed by atoms with E-state index in [9.17, 15) is 9.59 Å². The predicted molar refractivity (Wildman–Crippen MR) is 113 cm³/mol. The third-order valence-corrected chi connectivity index (χ3v) is 6.95. The Morgan fingerprint density at radius 1 is 1.14 bits per heavy atom. The zero-order chi connectivity index (χ0) is 20.4. The van der Waals surface area contributed by atoms with E-state index in [0.717, 1.165) is 49.2 Å². The lowest BCUT2D eigenvalue weighted by Gasteiger charge is -2.22. The third-order valence-electron chi connectivity index (χ3n) is 5.72. The number of hydrogen-bond donors (Lipinski definition) is 1. The molecule has 154 valence electrons. The Kier molecular flexibility index (Phi) is 5.76. The van der Waals surface area contributed by atoms with Crippen LogP contribution in [0.4, 0.5) is 5.69 Å². The molecule has 1 aliphatic carbocycles. The van der Waals surface area contributed by atoms with Gasteiger partial charge in [0.1, 0.15) is 11.5 Å². The van der Waals surface area contributed by atoms with Crippen molar-refractivity contribution in [1.82, 2.24) is 4.90 Å². The van der Waals surface area contributed by atoms with Gasteiger partial charge in [0.15, 0.2) is 0 Å². The van der Waals surface area contributed by atoms with Gasteiger partial charge in [0.25, 0.3) is 5.91 Å². The predicted octanol–water partition coefficient (Wildman–Crippen LogP) is 3.74. The highest BCUT2D eigenvalue weighted by Gasteiger charge is 2.29. The number of methoxy groups -OCH3 is 2. The number of hydrogen-bond acceptors (Lipinski definition) is 5. The highest BCUT2D eigenvalue weighted by Crippen LogP contribution is 2.35. The zero-order valence-corrected chi connectivity index (χ0v) is 17.6. The minimum Gasteiger partial charge on any atom is -0.497 e. The zero-order valence-electron chi connectivity index (χ0n) is 16.8. The van der Waals surface area contributed by atoms with E-state index in [4.69, 9.17) is 9.47 Å². The van der Waals surface area contributed by atoms with Crippen molar-refractivity contribution in [2.45, 2.75) is 32.1 Å². The minimum atomic E-state index is -0.112. The lowest BCUT2D eigenvalue weighted by atomic mass is 9.87. The summed E-state index contributed by atoms with van der Waals surface area (Å²) in [6.45, 7) is 1.71. The number of ether oxygens (including phenoxy) is 2. The van der Waals surface area contributed by atoms with Crippen LogP contribution in [0.25, 0.3) is 0 Å². The summed E-state index contributed by atoms with van der Waals surface area (Å²) in [4.78, 5) is 29.6. The number of carbonyl (C=O) groups excluding carboxylic acids is 2. The van der Waals surface area contributed by atoms with Crippen molar-refractivity contribution in [3.05, 3.63) is 39.6 Å². The van der Waals surface area contributed by atoms with Gasteiger partial charge in [-0.15, -0.1) is 11.3 Å². The number of nitrogens with one attached hydrogen (secondary N) is 1. The average Bonchev–Trinajstić information content (AvgIpc) is 3.42. The van der Waals surface area contributed by atoms with Crippen LogP contribution >= 0.6 is 11.3 Å². The van der Waals surface area contributed by atoms with E-state index in [-0.39, 0.29) is 17.7 Å². The maximum Gasteiger partial charge on any atom is 0.263 e. The number of thiophene rings is 1. The number of nitrogens with zero attached hydrogens (tertiary/aromatic N) is 1. The monoisotopic (exact) mass is 414 g/mol. The highest BCUT2D eigenvalue weighted by molar-refractivity contribution is 7.14. The van der Waals surface area contributed by atoms with Gasteiger partial charge in [-0.25, -0.2) is 0 Å². The number of amides is 2. The third kappa shape index (κ3) is 4.10. The van der Waals surface area contributed by atoms with E-state index in [0.29, 0.717) is 23.6 Å². The molecule has 1 aromatic heterocycles. The number of anilines is 1. The molecule has 0 radical (unpaired) electrons. The summed E-state index contributed by atoms with van der Waals surface area (Å²) in [5.41, 5.74) is 1.78. The van der Waals surface area contributed by atoms with Crippen molar-refractivity contribution < 1.29 is 19.1 Å². The van der Waals surface area contributed by atoms with E-state index in [1.54, 1.807) is 43.8 Å². The first-order valence-corrected chi connectivity index (χ1v) is 10.8. The van der Waals surface area contributed by atoms with Crippen molar-refractivity contribution in [1.29, 1.82) is 0 Å². The molecule has 6 nitrogen and oxygen atoms in total. The first-order chi connectivity index (χ1) is 14.1. The van der Waals surface area contributed by atoms with Gasteiger partial charge >= 0.3 is 0 Å². The van der Waals surface area contributed by atoms with Crippen molar-refractivity contribution in [3.63, 3.8) is 0 Å². The summed E-state index contributed by atoms with van der Waals surface area (Å²) in [6.07, 6.45) is 4.48. The number of rotatable bonds is 5. The van der Waals surface area contributed by atoms with Crippen LogP contribution < -0.4 is 14.8 Å². The lowest BCUT2D eigenvalue weighted by Crippen LogP contribution is -2.27. The molecule has 0 unspecified atom stereocenters. The summed E-state index contributed by atoms with van der Waals surface area (Å²) in [7, 11) is 3.16. The van der Waals surface area contributed by atoms with Gasteiger partial charge in [-0.1, -0.05) is 0 Å². The second-order valence-electron chi connectivity index (χ2n) is 7.55. The molecule has 1 saturated heterocycles. The van der Waals surface area contributed by atoms with E-state index >= 15 is 0 Å². The smallest absolute Gasteiger partial charge is 0.263 e. The second-order valence-corrected chi connectivity index (χ2v) is 8.69. The number of fused-ring (bicyclic) bond motifs is 1. The van der Waals surface area contributed by atoms with Crippen molar-refractivity contribution in [2.24, 2.45) is 5.92 Å². The molecule has 4 rings (SSSR count). The summed E-state index contributed by atoms with van der Waals surface area (Å²) < 4.78 is 10.6. The molecule has 1 N–H and O–H groups in total. The van der Waals surface area contributed by atoms with Crippen molar-refractivity contribution in [2.75, 3.05) is 32.6 Å². The standard InChI is InChI=1S/C22H26N2O4S/c1-27-16-6-7-17(18(13-16)28-2)23-21(25)14-5-8-19-15(11-14)12-20(29-19)22(26)24-9-3-4-10-24/h6-7,12-14H,3-5,8-11H2,1-2H3,(H,23,25)/t14-/m1/s1. The Hall–Kier alpha value is -2.54. The summed E-state index contributed by atoms with van der Waals surface area (Å²) in [5.74, 6) is 1.26. The molecule has 7 heteroatoms. The molecule has 2 aromatic rings. The first kappa shape index (κ1) is 19.8. The summed E-state index contributed by atoms with van der Waals surface area (Å²) >= 11 is 1.60. The summed E-state index contributed by atoms with van der Waals surface area (Å²) in [6, 6.07) is 7.35. The van der Waals surface area contributed by atoms with Gasteiger partial charge in [-0.05, 0) is 55.9 Å². The molecular formula is C22H26N2O4S. The maximum atomic E-state index is 12.9. The van der Waals surface area contributed by atoms with E-state index < -0.39 is 0 Å². The van der Waals surface area contributed by atoms with Crippen molar-refractivity contribution in [3.8, 4) is 11.5 Å². The number of benzene rings is 1. The van der Waals surface area contributed by atoms with Gasteiger partial charge in [-0.2, -0.15) is 0 Å². The Morgan fingerprint density at radius 3 is 2.66 bits per heavy atom. The van der Waals surface area contributed by atoms with Gasteiger partial charge < -0.3 is 19.7 Å². The van der Waals surface area contributed by atoms with E-state index in [2.05, 4.69) is 5.32 Å². The highest BCUT2D eigenvalue weighted by atomic mass is 32.1. The molecule has 29 heavy (non-hydrogen) atoms. The molecule has 0 saturated carbocycles. The number of likely N-dealkylation sites (tertiary alicyclic amines) is 1. The van der Waals surface area contributed by atoms with E-state index in [1.807, 2.05) is 11.0 Å². The van der Waals surface area contributed by atoms with Gasteiger partial charge in [-0.3, -0.25) is 9.59 Å². The summed E-state index contributed by atoms with van der Waals surface area (Å²) in [5, 5.41) is 3.00. The minimum absolute atomic E-state index is 0.0160. The quantitative estimate of drug-likeness (QED) is 0.809. The Balaban J connectivity index is 1.44. The van der Waals surface area contributed by atoms with Crippen molar-refractivity contribution >= 4 is 28.8 Å². The SMILES string of the molecule is COc1ccc(NC(=O)[C@@H]2CCc3sc(C(=O)N4CCCC4)cc3C2)c(OC)c1. The van der Waals surface area contributed by atoms with Crippen LogP contribution in [0.3, 0.4) is 0 Å². The Morgan fingerprint density at radius 2 is 1.93 bits per heavy atom. The van der Waals surface area contributed by atoms with Crippen LogP contribution in [-0.2, 0) is 17.6 Å². The molecule has 2 heterocycles. The number of carbonyl (C=O) groups is 2. The van der Waals surface area contributed by atoms with Crippen LogP contribution in [0.5, 0.6) is 11.5 Å². The molecule has 1 aliphatic heterocycles. The van der Waals surface area contributed by atoms with Gasteiger partial charge in [0.05, 0.1) is 24.8 Å². The number of aryl methyl sites for hydroxylation is 1. The maximum absolute atomic E-state index is 12.9. The topological polar surface area (TPSA) is 67.9 Å². The largest absolute Gasteiger partial charge is 0.497 e. The first-order valence-electron chi connectivity index (χ1n) is 10.0. The van der Waals surface area contributed by atoms with Crippen LogP contribution in [0.15, 0.2) is 24.3 Å². The molecule has 0 bridgehead atoms. The van der Waals surface area contributed by atoms with Crippen LogP contribution in [0.1, 0.15) is 39.4 Å². The fraction of sp³-hybridized carbons (Fsp3) is 0.455. The van der Waals surface area contributed by atoms with Gasteiger partial charge in [0.2, 0.25) is 5.91 Å². The molecule has 1 atom stereocenters. The van der Waals surface area contributed by atoms with Crippen LogP contribution in [0.2, 0.25) is 0 Å². The normalized spacial score (nSPS) is 18.3. The fourth-order valence-corrected chi connectivity index (χ4v) is 5.24. The molecule has 1 fully saturated rings. The fourth-order valence-electron chi connectivity index (χ4n) is 4.07. The van der Waals surface area contributed by atoms with Crippen LogP contribution in [-0.4, -0.2) is 44.0 Å². The Bertz CT molecular complexity index is 918. The molecule has 2 amide bonds. The molecular weight excluding hydrogens is 388 g/mol. The second kappa shape index (κ2) is 8.45. The molecule has 1 aromatic carbocycles. The Labute approximate surface area is 174 Å². The van der Waals surface area contributed by atoms with Gasteiger partial charge in [0, 0.05) is 30.0 Å². The lowest BCUT2D eigenvalue weighted by molar-refractivity contribution is -0.120. The molecule has 2 aliphatic rings. The average molecular weight is 415 g/mol.